The smallest absolute Gasteiger partial charge is 0.289 e. The first kappa shape index (κ1) is 23.4. The summed E-state index contributed by atoms with van der Waals surface area (Å²) >= 11 is 0. The minimum absolute atomic E-state index is 0.0101. The van der Waals surface area contributed by atoms with Gasteiger partial charge in [0.1, 0.15) is 5.78 Å². The van der Waals surface area contributed by atoms with Crippen LogP contribution in [0.25, 0.3) is 12.2 Å². The summed E-state index contributed by atoms with van der Waals surface area (Å²) in [6, 6.07) is 16.7. The van der Waals surface area contributed by atoms with E-state index in [1.165, 1.54) is 7.05 Å². The summed E-state index contributed by atoms with van der Waals surface area (Å²) in [5.41, 5.74) is 0.941. The number of benzene rings is 2. The number of rotatable bonds is 7. The van der Waals surface area contributed by atoms with Gasteiger partial charge in [0.05, 0.1) is 11.2 Å². The minimum Gasteiger partial charge on any atom is -0.299 e. The Balaban J connectivity index is 1.42. The lowest BCUT2D eigenvalue weighted by molar-refractivity contribution is -0.128. The number of hydroxylamine groups is 2. The van der Waals surface area contributed by atoms with Crippen molar-refractivity contribution in [3.05, 3.63) is 71.3 Å². The van der Waals surface area contributed by atoms with Crippen LogP contribution in [0.2, 0.25) is 0 Å². The molecule has 0 N–H and O–H groups in total. The van der Waals surface area contributed by atoms with Crippen LogP contribution in [0.15, 0.2) is 54.6 Å². The van der Waals surface area contributed by atoms with Gasteiger partial charge in [-0.1, -0.05) is 68.5 Å². The summed E-state index contributed by atoms with van der Waals surface area (Å²) in [7, 11) is -2.86. The zero-order valence-corrected chi connectivity index (χ0v) is 20.0. The first-order valence-corrected chi connectivity index (χ1v) is 12.7. The Morgan fingerprint density at radius 3 is 2.21 bits per heavy atom. The van der Waals surface area contributed by atoms with Crippen molar-refractivity contribution in [1.29, 1.82) is 0 Å². The van der Waals surface area contributed by atoms with E-state index in [2.05, 4.69) is 0 Å². The molecule has 0 aromatic heterocycles. The molecule has 2 fully saturated rings. The number of carbonyl (C=O) groups excluding carboxylic acids is 2. The molecule has 2 aromatic carbocycles. The molecule has 2 aliphatic carbocycles. The number of amides is 1. The highest BCUT2D eigenvalue weighted by molar-refractivity contribution is 7.86. The predicted molar refractivity (Wildman–Crippen MR) is 127 cm³/mol. The molecule has 6 nitrogen and oxygen atoms in total. The van der Waals surface area contributed by atoms with E-state index in [0.717, 1.165) is 22.6 Å². The van der Waals surface area contributed by atoms with E-state index in [9.17, 15) is 18.0 Å². The Hall–Kier alpha value is -2.77. The number of nitrogens with zero attached hydrogens (tertiary/aromatic N) is 1. The van der Waals surface area contributed by atoms with E-state index in [4.69, 9.17) is 4.28 Å². The van der Waals surface area contributed by atoms with Gasteiger partial charge in [0.2, 0.25) is 0 Å². The van der Waals surface area contributed by atoms with Crippen molar-refractivity contribution in [2.45, 2.75) is 33.1 Å². The number of Topliss-reactive ketones (excluding diaryl/α,β-unsaturated/α-hetero) is 1. The molecule has 0 spiro atoms. The van der Waals surface area contributed by atoms with Crippen molar-refractivity contribution < 1.29 is 22.3 Å². The van der Waals surface area contributed by atoms with Crippen molar-refractivity contribution in [3.63, 3.8) is 0 Å². The second kappa shape index (κ2) is 8.54. The number of fused-ring (bicyclic) bond motifs is 2. The molecule has 1 amide bonds. The fraction of sp³-hybridized carbons (Fsp3) is 0.385. The fourth-order valence-electron chi connectivity index (χ4n) is 5.32. The molecule has 7 heteroatoms. The van der Waals surface area contributed by atoms with Crippen molar-refractivity contribution in [1.82, 2.24) is 5.06 Å². The molecule has 0 heterocycles. The molecule has 2 aromatic rings. The molecule has 0 saturated heterocycles. The second-order valence-corrected chi connectivity index (χ2v) is 11.2. The Morgan fingerprint density at radius 1 is 1.06 bits per heavy atom. The van der Waals surface area contributed by atoms with Crippen LogP contribution >= 0.6 is 0 Å². The maximum Gasteiger partial charge on any atom is 0.289 e. The summed E-state index contributed by atoms with van der Waals surface area (Å²) in [5.74, 6) is -0.780. The standard InChI is InChI=1S/C26H29NO5S/c1-25(2)22-15-16-26(25,23(28)17-22)18-33(30,31)32-27(3)24(29)21-13-11-20(12-14-21)10-9-19-7-5-4-6-8-19/h4-14,22H,15-18H2,1-3H3/b10-9+. The van der Waals surface area contributed by atoms with Crippen LogP contribution < -0.4 is 0 Å². The van der Waals surface area contributed by atoms with Gasteiger partial charge in [-0.3, -0.25) is 9.59 Å². The highest BCUT2D eigenvalue weighted by atomic mass is 32.2. The molecule has 174 valence electrons. The Morgan fingerprint density at radius 2 is 1.67 bits per heavy atom. The third-order valence-electron chi connectivity index (χ3n) is 7.50. The van der Waals surface area contributed by atoms with Gasteiger partial charge in [0.25, 0.3) is 16.0 Å². The average Bonchev–Trinajstić information content (AvgIpc) is 3.12. The van der Waals surface area contributed by atoms with Gasteiger partial charge in [0.15, 0.2) is 0 Å². The fourth-order valence-corrected chi connectivity index (χ4v) is 7.06. The third-order valence-corrected chi connectivity index (χ3v) is 8.80. The minimum atomic E-state index is -4.14. The SMILES string of the molecule is CN(OS(=O)(=O)CC12CCC(CC1=O)C2(C)C)C(=O)c1ccc(/C=C/c2ccccc2)cc1. The normalized spacial score (nSPS) is 23.8. The average molecular weight is 468 g/mol. The lowest BCUT2D eigenvalue weighted by Gasteiger charge is -2.36. The molecule has 2 unspecified atom stereocenters. The first-order valence-electron chi connectivity index (χ1n) is 11.1. The van der Waals surface area contributed by atoms with E-state index in [-0.39, 0.29) is 11.7 Å². The van der Waals surface area contributed by atoms with Crippen molar-refractivity contribution in [2.24, 2.45) is 16.7 Å². The largest absolute Gasteiger partial charge is 0.299 e. The van der Waals surface area contributed by atoms with Gasteiger partial charge < -0.3 is 0 Å². The zero-order valence-electron chi connectivity index (χ0n) is 19.2. The number of carbonyl (C=O) groups is 2. The zero-order chi connectivity index (χ0) is 23.9. The van der Waals surface area contributed by atoms with E-state index in [1.807, 2.05) is 56.3 Å². The van der Waals surface area contributed by atoms with Crippen LogP contribution in [-0.4, -0.2) is 38.0 Å². The van der Waals surface area contributed by atoms with E-state index in [0.29, 0.717) is 18.4 Å². The molecule has 2 bridgehead atoms. The maximum atomic E-state index is 12.8. The van der Waals surface area contributed by atoms with Gasteiger partial charge in [-0.05, 0) is 47.4 Å². The molecule has 4 rings (SSSR count). The molecular formula is C26H29NO5S. The van der Waals surface area contributed by atoms with Crippen LogP contribution in [0.1, 0.15) is 54.6 Å². The predicted octanol–water partition coefficient (Wildman–Crippen LogP) is 4.59. The lowest BCUT2D eigenvalue weighted by Crippen LogP contribution is -2.44. The summed E-state index contributed by atoms with van der Waals surface area (Å²) in [6.07, 6.45) is 5.71. The number of hydrogen-bond acceptors (Lipinski definition) is 5. The topological polar surface area (TPSA) is 80.8 Å². The number of hydrogen-bond donors (Lipinski definition) is 0. The molecule has 2 atom stereocenters. The van der Waals surface area contributed by atoms with E-state index >= 15 is 0 Å². The monoisotopic (exact) mass is 467 g/mol. The molecule has 0 radical (unpaired) electrons. The van der Waals surface area contributed by atoms with Gasteiger partial charge in [-0.15, -0.1) is 4.28 Å². The first-order chi connectivity index (χ1) is 15.5. The lowest BCUT2D eigenvalue weighted by atomic mass is 9.70. The van der Waals surface area contributed by atoms with Crippen LogP contribution in [0.4, 0.5) is 0 Å². The van der Waals surface area contributed by atoms with Crippen molar-refractivity contribution in [3.8, 4) is 0 Å². The van der Waals surface area contributed by atoms with Crippen molar-refractivity contribution in [2.75, 3.05) is 12.8 Å². The molecule has 0 aliphatic heterocycles. The van der Waals surface area contributed by atoms with Gasteiger partial charge in [0, 0.05) is 19.0 Å². The Labute approximate surface area is 195 Å². The molecule has 33 heavy (non-hydrogen) atoms. The summed E-state index contributed by atoms with van der Waals surface area (Å²) < 4.78 is 30.8. The summed E-state index contributed by atoms with van der Waals surface area (Å²) in [6.45, 7) is 3.93. The second-order valence-electron chi connectivity index (χ2n) is 9.61. The van der Waals surface area contributed by atoms with Gasteiger partial charge in [-0.25, -0.2) is 5.06 Å². The molecule has 2 aliphatic rings. The quantitative estimate of drug-likeness (QED) is 0.440. The van der Waals surface area contributed by atoms with Crippen LogP contribution in [-0.2, 0) is 19.2 Å². The van der Waals surface area contributed by atoms with Crippen LogP contribution in [0, 0.1) is 16.7 Å². The van der Waals surface area contributed by atoms with E-state index in [1.54, 1.807) is 24.3 Å². The maximum absolute atomic E-state index is 12.8. The van der Waals surface area contributed by atoms with Gasteiger partial charge in [-0.2, -0.15) is 8.42 Å². The third kappa shape index (κ3) is 4.39. The van der Waals surface area contributed by atoms with Crippen LogP contribution in [0.3, 0.4) is 0 Å². The van der Waals surface area contributed by atoms with E-state index < -0.39 is 32.6 Å². The number of ketones is 1. The summed E-state index contributed by atoms with van der Waals surface area (Å²) in [5, 5.41) is 0.736. The molecule has 2 saturated carbocycles. The Kier molecular flexibility index (Phi) is 6.05. The van der Waals surface area contributed by atoms with Crippen LogP contribution in [0.5, 0.6) is 0 Å². The Bertz CT molecular complexity index is 1180. The highest BCUT2D eigenvalue weighted by Gasteiger charge is 2.65. The van der Waals surface area contributed by atoms with Crippen molar-refractivity contribution >= 4 is 34.0 Å². The summed E-state index contributed by atoms with van der Waals surface area (Å²) in [4.78, 5) is 25.4. The molecular weight excluding hydrogens is 438 g/mol. The highest BCUT2D eigenvalue weighted by Crippen LogP contribution is 2.64. The van der Waals surface area contributed by atoms with Gasteiger partial charge >= 0.3 is 0 Å².